The number of carbonyl (C=O) groups excluding carboxylic acids is 3. The zero-order valence-corrected chi connectivity index (χ0v) is 16.4. The second-order valence-electron chi connectivity index (χ2n) is 7.82. The molecular weight excluding hydrogens is 368 g/mol. The Morgan fingerprint density at radius 3 is 2.62 bits per heavy atom. The molecule has 0 radical (unpaired) electrons. The standard InChI is InChI=1S/C22H24N4O3/c1-14(23)17-3-2-10-25(13-17)20(27)16-4-5-18-19(11-16)22(29)26(21(18)28)12-15-6-8-24-9-7-15/h4-9,11,14,17H,2-3,10,12-13,23H2,1H3. The Morgan fingerprint density at radius 2 is 1.90 bits per heavy atom. The highest BCUT2D eigenvalue weighted by Crippen LogP contribution is 2.27. The number of benzene rings is 1. The molecule has 2 N–H and O–H groups in total. The SMILES string of the molecule is CC(N)C1CCCN(C(=O)c2ccc3c(c2)C(=O)N(Cc2ccncc2)C3=O)C1. The number of pyridine rings is 1. The Kier molecular flexibility index (Phi) is 5.15. The van der Waals surface area contributed by atoms with Crippen molar-refractivity contribution in [1.82, 2.24) is 14.8 Å². The van der Waals surface area contributed by atoms with Crippen molar-refractivity contribution < 1.29 is 14.4 Å². The van der Waals surface area contributed by atoms with E-state index in [2.05, 4.69) is 4.98 Å². The van der Waals surface area contributed by atoms with Gasteiger partial charge in [-0.05, 0) is 61.6 Å². The molecule has 2 aliphatic heterocycles. The number of nitrogens with zero attached hydrogens (tertiary/aromatic N) is 3. The molecule has 150 valence electrons. The van der Waals surface area contributed by atoms with E-state index in [0.717, 1.165) is 18.4 Å². The van der Waals surface area contributed by atoms with Gasteiger partial charge in [-0.2, -0.15) is 0 Å². The lowest BCUT2D eigenvalue weighted by atomic mass is 9.91. The van der Waals surface area contributed by atoms with Gasteiger partial charge >= 0.3 is 0 Å². The highest BCUT2D eigenvalue weighted by molar-refractivity contribution is 6.22. The van der Waals surface area contributed by atoms with Gasteiger partial charge in [0.05, 0.1) is 17.7 Å². The van der Waals surface area contributed by atoms with E-state index in [4.69, 9.17) is 5.73 Å². The molecule has 7 nitrogen and oxygen atoms in total. The highest BCUT2D eigenvalue weighted by atomic mass is 16.2. The fourth-order valence-electron chi connectivity index (χ4n) is 4.04. The Morgan fingerprint density at radius 1 is 1.17 bits per heavy atom. The molecule has 2 aliphatic rings. The number of carbonyl (C=O) groups is 3. The third-order valence-corrected chi connectivity index (χ3v) is 5.80. The molecule has 7 heteroatoms. The van der Waals surface area contributed by atoms with Crippen LogP contribution in [-0.4, -0.2) is 51.6 Å². The molecule has 0 aliphatic carbocycles. The van der Waals surface area contributed by atoms with E-state index in [-0.39, 0.29) is 41.8 Å². The maximum absolute atomic E-state index is 13.0. The van der Waals surface area contributed by atoms with Gasteiger partial charge in [-0.15, -0.1) is 0 Å². The second kappa shape index (κ2) is 7.75. The van der Waals surface area contributed by atoms with Crippen molar-refractivity contribution in [1.29, 1.82) is 0 Å². The molecule has 29 heavy (non-hydrogen) atoms. The van der Waals surface area contributed by atoms with E-state index in [1.807, 2.05) is 6.92 Å². The Balaban J connectivity index is 1.55. The fraction of sp³-hybridized carbons (Fsp3) is 0.364. The third kappa shape index (κ3) is 3.65. The minimum atomic E-state index is -0.372. The van der Waals surface area contributed by atoms with Crippen molar-refractivity contribution >= 4 is 17.7 Å². The number of hydrogen-bond acceptors (Lipinski definition) is 5. The number of nitrogens with two attached hydrogens (primary N) is 1. The van der Waals surface area contributed by atoms with E-state index < -0.39 is 0 Å². The topological polar surface area (TPSA) is 96.6 Å². The molecule has 2 unspecified atom stereocenters. The first kappa shape index (κ1) is 19.3. The summed E-state index contributed by atoms with van der Waals surface area (Å²) in [4.78, 5) is 45.5. The van der Waals surface area contributed by atoms with Crippen LogP contribution in [0.4, 0.5) is 0 Å². The number of hydrogen-bond donors (Lipinski definition) is 1. The van der Waals surface area contributed by atoms with Crippen LogP contribution in [0.25, 0.3) is 0 Å². The summed E-state index contributed by atoms with van der Waals surface area (Å²) in [6.07, 6.45) is 5.18. The molecule has 1 fully saturated rings. The third-order valence-electron chi connectivity index (χ3n) is 5.80. The van der Waals surface area contributed by atoms with E-state index in [1.165, 1.54) is 4.90 Å². The van der Waals surface area contributed by atoms with Gasteiger partial charge in [-0.1, -0.05) is 0 Å². The predicted octanol–water partition coefficient (Wildman–Crippen LogP) is 2.08. The van der Waals surface area contributed by atoms with Crippen LogP contribution in [0, 0.1) is 5.92 Å². The molecule has 0 saturated carbocycles. The van der Waals surface area contributed by atoms with Gasteiger partial charge in [0.1, 0.15) is 0 Å². The van der Waals surface area contributed by atoms with Crippen LogP contribution in [0.2, 0.25) is 0 Å². The monoisotopic (exact) mass is 392 g/mol. The van der Waals surface area contributed by atoms with Gasteiger partial charge in [-0.3, -0.25) is 24.3 Å². The number of imide groups is 1. The summed E-state index contributed by atoms with van der Waals surface area (Å²) < 4.78 is 0. The van der Waals surface area contributed by atoms with Gasteiger partial charge in [0.15, 0.2) is 0 Å². The van der Waals surface area contributed by atoms with Crippen LogP contribution in [-0.2, 0) is 6.54 Å². The summed E-state index contributed by atoms with van der Waals surface area (Å²) in [7, 11) is 0. The first-order chi connectivity index (χ1) is 14.0. The summed E-state index contributed by atoms with van der Waals surface area (Å²) >= 11 is 0. The quantitative estimate of drug-likeness (QED) is 0.804. The number of likely N-dealkylation sites (tertiary alicyclic amines) is 1. The fourth-order valence-corrected chi connectivity index (χ4v) is 4.04. The Bertz CT molecular complexity index is 958. The summed E-state index contributed by atoms with van der Waals surface area (Å²) in [6.45, 7) is 3.45. The van der Waals surface area contributed by atoms with Gasteiger partial charge in [0.25, 0.3) is 17.7 Å². The normalized spacial score (nSPS) is 20.0. The van der Waals surface area contributed by atoms with E-state index >= 15 is 0 Å². The zero-order valence-electron chi connectivity index (χ0n) is 16.4. The smallest absolute Gasteiger partial charge is 0.261 e. The van der Waals surface area contributed by atoms with Crippen LogP contribution in [0.1, 0.15) is 56.4 Å². The molecule has 2 aromatic rings. The van der Waals surface area contributed by atoms with Crippen LogP contribution in [0.15, 0.2) is 42.7 Å². The predicted molar refractivity (Wildman–Crippen MR) is 107 cm³/mol. The maximum Gasteiger partial charge on any atom is 0.261 e. The lowest BCUT2D eigenvalue weighted by Gasteiger charge is -2.34. The largest absolute Gasteiger partial charge is 0.338 e. The molecule has 0 bridgehead atoms. The Labute approximate surface area is 169 Å². The van der Waals surface area contributed by atoms with E-state index in [1.54, 1.807) is 47.6 Å². The summed E-state index contributed by atoms with van der Waals surface area (Å²) in [5, 5.41) is 0. The summed E-state index contributed by atoms with van der Waals surface area (Å²) in [6, 6.07) is 8.35. The van der Waals surface area contributed by atoms with E-state index in [0.29, 0.717) is 24.2 Å². The van der Waals surface area contributed by atoms with Crippen molar-refractivity contribution in [3.63, 3.8) is 0 Å². The first-order valence-corrected chi connectivity index (χ1v) is 9.89. The molecule has 1 saturated heterocycles. The number of fused-ring (bicyclic) bond motifs is 1. The summed E-state index contributed by atoms with van der Waals surface area (Å²) in [5.74, 6) is -0.549. The first-order valence-electron chi connectivity index (χ1n) is 9.89. The number of piperidine rings is 1. The molecule has 4 rings (SSSR count). The lowest BCUT2D eigenvalue weighted by Crippen LogP contribution is -2.45. The van der Waals surface area contributed by atoms with Gasteiger partial charge in [0.2, 0.25) is 0 Å². The number of amides is 3. The lowest BCUT2D eigenvalue weighted by molar-refractivity contribution is 0.0640. The Hall–Kier alpha value is -3.06. The molecular formula is C22H24N4O3. The van der Waals surface area contributed by atoms with Crippen LogP contribution < -0.4 is 5.73 Å². The molecule has 2 atom stereocenters. The molecule has 3 amide bonds. The zero-order chi connectivity index (χ0) is 20.5. The van der Waals surface area contributed by atoms with Crippen molar-refractivity contribution in [3.8, 4) is 0 Å². The van der Waals surface area contributed by atoms with Crippen molar-refractivity contribution in [2.45, 2.75) is 32.4 Å². The van der Waals surface area contributed by atoms with Gasteiger partial charge < -0.3 is 10.6 Å². The van der Waals surface area contributed by atoms with Crippen molar-refractivity contribution in [2.75, 3.05) is 13.1 Å². The van der Waals surface area contributed by atoms with Gasteiger partial charge in [-0.25, -0.2) is 0 Å². The highest BCUT2D eigenvalue weighted by Gasteiger charge is 2.36. The summed E-state index contributed by atoms with van der Waals surface area (Å²) in [5.41, 5.74) is 7.90. The second-order valence-corrected chi connectivity index (χ2v) is 7.82. The number of rotatable bonds is 4. The average Bonchev–Trinajstić information content (AvgIpc) is 2.98. The molecule has 1 aromatic heterocycles. The van der Waals surface area contributed by atoms with Crippen LogP contribution in [0.3, 0.4) is 0 Å². The van der Waals surface area contributed by atoms with Crippen LogP contribution in [0.5, 0.6) is 0 Å². The maximum atomic E-state index is 13.0. The van der Waals surface area contributed by atoms with Crippen molar-refractivity contribution in [3.05, 3.63) is 65.0 Å². The van der Waals surface area contributed by atoms with Crippen LogP contribution >= 0.6 is 0 Å². The average molecular weight is 392 g/mol. The number of aromatic nitrogens is 1. The molecule has 3 heterocycles. The molecule has 1 aromatic carbocycles. The van der Waals surface area contributed by atoms with Gasteiger partial charge in [0, 0.05) is 37.1 Å². The molecule has 0 spiro atoms. The minimum Gasteiger partial charge on any atom is -0.338 e. The van der Waals surface area contributed by atoms with E-state index in [9.17, 15) is 14.4 Å². The minimum absolute atomic E-state index is 0.0339. The van der Waals surface area contributed by atoms with Crippen molar-refractivity contribution in [2.24, 2.45) is 11.7 Å².